The molecule has 6 aliphatic rings. The molecule has 0 radical (unpaired) electrons. The number of aliphatic hydroxyl groups is 6. The van der Waals surface area contributed by atoms with E-state index in [4.69, 9.17) is 33.2 Å². The first-order valence-electron chi connectivity index (χ1n) is 17.4. The van der Waals surface area contributed by atoms with Crippen LogP contribution in [0, 0.1) is 28.6 Å². The van der Waals surface area contributed by atoms with Crippen LogP contribution < -0.4 is 0 Å². The third-order valence-corrected chi connectivity index (χ3v) is 12.4. The van der Waals surface area contributed by atoms with Crippen LogP contribution in [0.1, 0.15) is 66.7 Å². The Balaban J connectivity index is 1.23. The molecule has 4 aliphatic heterocycles. The van der Waals surface area contributed by atoms with Crippen molar-refractivity contribution in [3.63, 3.8) is 0 Å². The third kappa shape index (κ3) is 6.81. The summed E-state index contributed by atoms with van der Waals surface area (Å²) < 4.78 is 40.7. The summed E-state index contributed by atoms with van der Waals surface area (Å²) in [4.78, 5) is 23.4. The molecular formula is C34H52O15. The number of rotatable bonds is 7. The van der Waals surface area contributed by atoms with E-state index in [0.29, 0.717) is 12.8 Å². The summed E-state index contributed by atoms with van der Waals surface area (Å²) in [5.74, 6) is -0.862. The van der Waals surface area contributed by atoms with Gasteiger partial charge in [-0.15, -0.1) is 0 Å². The summed E-state index contributed by atoms with van der Waals surface area (Å²) in [6.07, 6.45) is -11.1. The highest BCUT2D eigenvalue weighted by Crippen LogP contribution is 2.64. The monoisotopic (exact) mass is 700 g/mol. The SMILES string of the molecule is CC(=O)OC[C@H]1O[C@@H](O[C@H]2CC[C@]3(C)C4C[C@H](C5=CC(=O)OC5)OC(O)C4CC[C@H]3C2(C)C)[C@H](O[C@@H]2O[C@@H](C)[C@H](O)[C@@H](O)[C@H]2O)[C@@H](O)[C@@H]1O. The summed E-state index contributed by atoms with van der Waals surface area (Å²) in [6.45, 7) is 8.99. The molecule has 2 saturated carbocycles. The van der Waals surface area contributed by atoms with Gasteiger partial charge in [0.15, 0.2) is 18.9 Å². The van der Waals surface area contributed by atoms with Crippen LogP contribution in [0.4, 0.5) is 0 Å². The van der Waals surface area contributed by atoms with Gasteiger partial charge in [-0.2, -0.15) is 0 Å². The number of carbonyl (C=O) groups excluding carboxylic acids is 2. The molecule has 5 fully saturated rings. The quantitative estimate of drug-likeness (QED) is 0.148. The molecule has 0 aromatic carbocycles. The van der Waals surface area contributed by atoms with Crippen LogP contribution in [0.15, 0.2) is 11.6 Å². The maximum Gasteiger partial charge on any atom is 0.331 e. The molecule has 15 heteroatoms. The van der Waals surface area contributed by atoms with E-state index in [1.54, 1.807) is 0 Å². The highest BCUT2D eigenvalue weighted by Gasteiger charge is 2.62. The molecule has 49 heavy (non-hydrogen) atoms. The molecule has 0 bridgehead atoms. The van der Waals surface area contributed by atoms with Gasteiger partial charge in [0.1, 0.15) is 55.9 Å². The molecule has 15 nitrogen and oxygen atoms in total. The molecule has 2 aliphatic carbocycles. The standard InChI is InChI=1S/C34H52O15/c1-14-24(37)26(39)28(41)31(45-14)49-29-27(40)25(38)20(13-43-15(2)35)47-32(29)48-22-8-9-34(5)18-11-19(16-10-23(36)44-12-16)46-30(42)17(18)6-7-21(34)33(22,3)4/h10,14,17-22,24-32,37-42H,6-9,11-13H2,1-5H3/t14-,17?,18?,19+,20+,21-,22-,24-,25+,26+,27-,28+,29+,30?,31-,32-,34+/m0/s1. The fourth-order valence-corrected chi connectivity index (χ4v) is 9.60. The van der Waals surface area contributed by atoms with Crippen LogP contribution in [0.5, 0.6) is 0 Å². The van der Waals surface area contributed by atoms with Crippen molar-refractivity contribution in [2.45, 2.75) is 147 Å². The Morgan fingerprint density at radius 1 is 0.898 bits per heavy atom. The minimum absolute atomic E-state index is 0.0688. The fourth-order valence-electron chi connectivity index (χ4n) is 9.60. The zero-order valence-electron chi connectivity index (χ0n) is 28.6. The van der Waals surface area contributed by atoms with Crippen molar-refractivity contribution < 1.29 is 73.4 Å². The fraction of sp³-hybridized carbons (Fsp3) is 0.882. The second-order valence-electron chi connectivity index (χ2n) is 15.6. The predicted molar refractivity (Wildman–Crippen MR) is 165 cm³/mol. The Morgan fingerprint density at radius 2 is 1.63 bits per heavy atom. The summed E-state index contributed by atoms with van der Waals surface area (Å²) in [7, 11) is 0. The lowest BCUT2D eigenvalue weighted by Crippen LogP contribution is -2.65. The maximum absolute atomic E-state index is 11.8. The predicted octanol–water partition coefficient (Wildman–Crippen LogP) is -0.347. The third-order valence-electron chi connectivity index (χ3n) is 12.4. The molecule has 0 aromatic heterocycles. The molecule has 0 amide bonds. The molecular weight excluding hydrogens is 648 g/mol. The Hall–Kier alpha value is -1.76. The highest BCUT2D eigenvalue weighted by molar-refractivity contribution is 5.85. The number of fused-ring (bicyclic) bond motifs is 3. The second kappa shape index (κ2) is 14.0. The van der Waals surface area contributed by atoms with Gasteiger partial charge in [0.25, 0.3) is 0 Å². The maximum atomic E-state index is 11.8. The largest absolute Gasteiger partial charge is 0.463 e. The van der Waals surface area contributed by atoms with E-state index >= 15 is 0 Å². The minimum Gasteiger partial charge on any atom is -0.463 e. The van der Waals surface area contributed by atoms with Crippen LogP contribution in [0.2, 0.25) is 0 Å². The number of ether oxygens (including phenoxy) is 7. The van der Waals surface area contributed by atoms with Crippen LogP contribution >= 0.6 is 0 Å². The van der Waals surface area contributed by atoms with Crippen molar-refractivity contribution in [3.05, 3.63) is 11.6 Å². The van der Waals surface area contributed by atoms with Gasteiger partial charge in [0.2, 0.25) is 0 Å². The molecule has 0 aromatic rings. The van der Waals surface area contributed by atoms with Crippen LogP contribution in [-0.4, -0.2) is 136 Å². The molecule has 6 N–H and O–H groups in total. The van der Waals surface area contributed by atoms with E-state index in [1.807, 2.05) is 0 Å². The second-order valence-corrected chi connectivity index (χ2v) is 15.6. The summed E-state index contributed by atoms with van der Waals surface area (Å²) >= 11 is 0. The van der Waals surface area contributed by atoms with Crippen molar-refractivity contribution in [2.75, 3.05) is 13.2 Å². The number of esters is 2. The van der Waals surface area contributed by atoms with E-state index in [9.17, 15) is 40.2 Å². The number of carbonyl (C=O) groups is 2. The van der Waals surface area contributed by atoms with Gasteiger partial charge in [-0.25, -0.2) is 4.79 Å². The molecule has 0 spiro atoms. The van der Waals surface area contributed by atoms with E-state index in [2.05, 4.69) is 20.8 Å². The van der Waals surface area contributed by atoms with Crippen LogP contribution in [0.3, 0.4) is 0 Å². The van der Waals surface area contributed by atoms with Crippen LogP contribution in [0.25, 0.3) is 0 Å². The number of cyclic esters (lactones) is 1. The summed E-state index contributed by atoms with van der Waals surface area (Å²) in [6, 6.07) is 0. The summed E-state index contributed by atoms with van der Waals surface area (Å²) in [5.41, 5.74) is 0.0411. The molecule has 3 saturated heterocycles. The van der Waals surface area contributed by atoms with Crippen molar-refractivity contribution >= 4 is 11.9 Å². The molecule has 3 unspecified atom stereocenters. The van der Waals surface area contributed by atoms with Gasteiger partial charge >= 0.3 is 11.9 Å². The Bertz CT molecular complexity index is 1260. The first-order chi connectivity index (χ1) is 23.0. The molecule has 278 valence electrons. The number of aliphatic hydroxyl groups excluding tert-OH is 6. The highest BCUT2D eigenvalue weighted by atomic mass is 16.8. The lowest BCUT2D eigenvalue weighted by Gasteiger charge is -2.63. The van der Waals surface area contributed by atoms with Gasteiger partial charge in [-0.05, 0) is 61.7 Å². The lowest BCUT2D eigenvalue weighted by atomic mass is 9.44. The summed E-state index contributed by atoms with van der Waals surface area (Å²) in [5, 5.41) is 64.6. The van der Waals surface area contributed by atoms with Crippen LogP contribution in [-0.2, 0) is 42.7 Å². The van der Waals surface area contributed by atoms with E-state index < -0.39 is 97.3 Å². The topological polar surface area (TPSA) is 220 Å². The minimum atomic E-state index is -1.68. The average Bonchev–Trinajstić information content (AvgIpc) is 3.48. The van der Waals surface area contributed by atoms with Gasteiger partial charge in [-0.1, -0.05) is 20.8 Å². The van der Waals surface area contributed by atoms with Gasteiger partial charge in [0.05, 0.1) is 18.3 Å². The van der Waals surface area contributed by atoms with E-state index in [-0.39, 0.29) is 36.4 Å². The molecule has 4 heterocycles. The Morgan fingerprint density at radius 3 is 2.31 bits per heavy atom. The normalized spacial score (nSPS) is 49.7. The number of hydrogen-bond acceptors (Lipinski definition) is 15. The average molecular weight is 701 g/mol. The Labute approximate surface area is 285 Å². The van der Waals surface area contributed by atoms with E-state index in [0.717, 1.165) is 24.8 Å². The van der Waals surface area contributed by atoms with Crippen molar-refractivity contribution in [3.8, 4) is 0 Å². The zero-order chi connectivity index (χ0) is 35.6. The molecule has 6 rings (SSSR count). The smallest absolute Gasteiger partial charge is 0.331 e. The zero-order valence-corrected chi connectivity index (χ0v) is 28.6. The van der Waals surface area contributed by atoms with Crippen molar-refractivity contribution in [2.24, 2.45) is 28.6 Å². The first-order valence-corrected chi connectivity index (χ1v) is 17.4. The van der Waals surface area contributed by atoms with Crippen molar-refractivity contribution in [1.29, 1.82) is 0 Å². The lowest BCUT2D eigenvalue weighted by molar-refractivity contribution is -0.376. The van der Waals surface area contributed by atoms with E-state index in [1.165, 1.54) is 19.9 Å². The first kappa shape index (κ1) is 37.0. The van der Waals surface area contributed by atoms with Gasteiger partial charge in [-0.3, -0.25) is 4.79 Å². The van der Waals surface area contributed by atoms with Gasteiger partial charge in [0, 0.05) is 24.5 Å². The Kier molecular flexibility index (Phi) is 10.6. The number of hydrogen-bond donors (Lipinski definition) is 6. The molecule has 17 atom stereocenters. The van der Waals surface area contributed by atoms with Crippen molar-refractivity contribution in [1.82, 2.24) is 0 Å². The van der Waals surface area contributed by atoms with Gasteiger partial charge < -0.3 is 63.8 Å².